The lowest BCUT2D eigenvalue weighted by Gasteiger charge is -2.08. The summed E-state index contributed by atoms with van der Waals surface area (Å²) >= 11 is 0. The van der Waals surface area contributed by atoms with Crippen molar-refractivity contribution in [1.29, 1.82) is 0 Å². The Hall–Kier alpha value is -2.02. The van der Waals surface area contributed by atoms with Crippen LogP contribution in [0.1, 0.15) is 5.56 Å². The van der Waals surface area contributed by atoms with Gasteiger partial charge in [0.15, 0.2) is 11.6 Å². The molecule has 7 heteroatoms. The SMILES string of the molecule is Cc1ccc(S(=O)(=O)Nc2ncccc2F)cc1F. The van der Waals surface area contributed by atoms with Gasteiger partial charge in [-0.05, 0) is 36.8 Å². The predicted octanol–water partition coefficient (Wildman–Crippen LogP) is 2.47. The first kappa shape index (κ1) is 13.4. The van der Waals surface area contributed by atoms with Crippen molar-refractivity contribution < 1.29 is 17.2 Å². The first-order chi connectivity index (χ1) is 8.90. The number of aromatic nitrogens is 1. The first-order valence-corrected chi connectivity index (χ1v) is 6.78. The average molecular weight is 284 g/mol. The van der Waals surface area contributed by atoms with Crippen molar-refractivity contribution in [2.24, 2.45) is 0 Å². The van der Waals surface area contributed by atoms with Gasteiger partial charge in [0.05, 0.1) is 4.90 Å². The van der Waals surface area contributed by atoms with Crippen LogP contribution >= 0.6 is 0 Å². The van der Waals surface area contributed by atoms with Gasteiger partial charge in [0.25, 0.3) is 10.0 Å². The molecule has 1 heterocycles. The van der Waals surface area contributed by atoms with Crippen LogP contribution in [0, 0.1) is 18.6 Å². The summed E-state index contributed by atoms with van der Waals surface area (Å²) in [6, 6.07) is 5.85. The van der Waals surface area contributed by atoms with Crippen molar-refractivity contribution in [2.75, 3.05) is 4.72 Å². The number of rotatable bonds is 3. The molecule has 2 rings (SSSR count). The predicted molar refractivity (Wildman–Crippen MR) is 66.1 cm³/mol. The smallest absolute Gasteiger partial charge is 0.261 e. The van der Waals surface area contributed by atoms with Gasteiger partial charge >= 0.3 is 0 Å². The maximum absolute atomic E-state index is 13.3. The van der Waals surface area contributed by atoms with Gasteiger partial charge in [-0.1, -0.05) is 6.07 Å². The van der Waals surface area contributed by atoms with Crippen LogP contribution in [0.4, 0.5) is 14.6 Å². The topological polar surface area (TPSA) is 59.1 Å². The van der Waals surface area contributed by atoms with Gasteiger partial charge in [-0.15, -0.1) is 0 Å². The molecule has 0 atom stereocenters. The molecule has 0 unspecified atom stereocenters. The largest absolute Gasteiger partial charge is 0.263 e. The van der Waals surface area contributed by atoms with E-state index in [1.165, 1.54) is 31.3 Å². The summed E-state index contributed by atoms with van der Waals surface area (Å²) < 4.78 is 52.5. The molecule has 0 aliphatic carbocycles. The van der Waals surface area contributed by atoms with Crippen molar-refractivity contribution in [3.63, 3.8) is 0 Å². The van der Waals surface area contributed by atoms with Gasteiger partial charge in [0.2, 0.25) is 0 Å². The molecule has 19 heavy (non-hydrogen) atoms. The van der Waals surface area contributed by atoms with Crippen LogP contribution in [0.3, 0.4) is 0 Å². The molecule has 0 saturated carbocycles. The monoisotopic (exact) mass is 284 g/mol. The second kappa shape index (κ2) is 4.93. The minimum absolute atomic E-state index is 0.291. The Bertz CT molecular complexity index is 717. The van der Waals surface area contributed by atoms with Crippen molar-refractivity contribution in [1.82, 2.24) is 4.98 Å². The van der Waals surface area contributed by atoms with Crippen LogP contribution in [0.5, 0.6) is 0 Å². The quantitative estimate of drug-likeness (QED) is 0.942. The summed E-state index contributed by atoms with van der Waals surface area (Å²) in [6.07, 6.45) is 1.25. The number of nitrogens with zero attached hydrogens (tertiary/aromatic N) is 1. The molecule has 1 aromatic heterocycles. The van der Waals surface area contributed by atoms with E-state index in [9.17, 15) is 17.2 Å². The van der Waals surface area contributed by atoms with Crippen LogP contribution in [0.25, 0.3) is 0 Å². The number of anilines is 1. The zero-order valence-corrected chi connectivity index (χ0v) is 10.7. The number of pyridine rings is 1. The molecule has 0 amide bonds. The number of halogens is 2. The summed E-state index contributed by atoms with van der Waals surface area (Å²) in [5.74, 6) is -1.88. The maximum atomic E-state index is 13.3. The van der Waals surface area contributed by atoms with Crippen LogP contribution in [-0.2, 0) is 10.0 Å². The van der Waals surface area contributed by atoms with Crippen LogP contribution < -0.4 is 4.72 Å². The first-order valence-electron chi connectivity index (χ1n) is 5.29. The number of sulfonamides is 1. The van der Waals surface area contributed by atoms with Crippen molar-refractivity contribution in [3.8, 4) is 0 Å². The Morgan fingerprint density at radius 2 is 1.89 bits per heavy atom. The second-order valence-corrected chi connectivity index (χ2v) is 5.53. The second-order valence-electron chi connectivity index (χ2n) is 3.85. The summed E-state index contributed by atoms with van der Waals surface area (Å²) in [4.78, 5) is 3.28. The summed E-state index contributed by atoms with van der Waals surface area (Å²) in [6.45, 7) is 1.51. The summed E-state index contributed by atoms with van der Waals surface area (Å²) in [5.41, 5.74) is 0.322. The highest BCUT2D eigenvalue weighted by Crippen LogP contribution is 2.18. The highest BCUT2D eigenvalue weighted by atomic mass is 32.2. The Labute approximate surface area is 109 Å². The summed E-state index contributed by atoms with van der Waals surface area (Å²) in [7, 11) is -4.07. The lowest BCUT2D eigenvalue weighted by Crippen LogP contribution is -2.15. The Balaban J connectivity index is 2.38. The van der Waals surface area contributed by atoms with E-state index in [-0.39, 0.29) is 4.90 Å². The van der Waals surface area contributed by atoms with E-state index in [1.807, 2.05) is 4.72 Å². The zero-order valence-electron chi connectivity index (χ0n) is 9.89. The van der Waals surface area contributed by atoms with Crippen LogP contribution in [0.2, 0.25) is 0 Å². The normalized spacial score (nSPS) is 11.3. The fourth-order valence-electron chi connectivity index (χ4n) is 1.39. The lowest BCUT2D eigenvalue weighted by atomic mass is 10.2. The van der Waals surface area contributed by atoms with E-state index in [2.05, 4.69) is 4.98 Å². The number of aryl methyl sites for hydroxylation is 1. The number of benzene rings is 1. The molecule has 0 aliphatic heterocycles. The highest BCUT2D eigenvalue weighted by Gasteiger charge is 2.18. The Morgan fingerprint density at radius 1 is 1.16 bits per heavy atom. The Kier molecular flexibility index (Phi) is 3.48. The van der Waals surface area contributed by atoms with Gasteiger partial charge in [-0.2, -0.15) is 0 Å². The molecule has 2 aromatic rings. The third-order valence-corrected chi connectivity index (χ3v) is 3.78. The number of hydrogen-bond donors (Lipinski definition) is 1. The average Bonchev–Trinajstić information content (AvgIpc) is 2.35. The van der Waals surface area contributed by atoms with Crippen molar-refractivity contribution in [2.45, 2.75) is 11.8 Å². The van der Waals surface area contributed by atoms with Gasteiger partial charge in [-0.25, -0.2) is 22.2 Å². The molecular formula is C12H10F2N2O2S. The number of nitrogens with one attached hydrogen (secondary N) is 1. The zero-order chi connectivity index (χ0) is 14.0. The Morgan fingerprint density at radius 3 is 2.53 bits per heavy atom. The molecule has 0 aliphatic rings. The molecule has 0 radical (unpaired) electrons. The maximum Gasteiger partial charge on any atom is 0.263 e. The fourth-order valence-corrected chi connectivity index (χ4v) is 2.42. The number of hydrogen-bond acceptors (Lipinski definition) is 3. The van der Waals surface area contributed by atoms with E-state index in [0.29, 0.717) is 5.56 Å². The molecule has 1 N–H and O–H groups in total. The minimum atomic E-state index is -4.07. The molecule has 0 saturated heterocycles. The third-order valence-electron chi connectivity index (χ3n) is 2.44. The van der Waals surface area contributed by atoms with Crippen molar-refractivity contribution >= 4 is 15.8 Å². The van der Waals surface area contributed by atoms with Crippen LogP contribution in [0.15, 0.2) is 41.4 Å². The minimum Gasteiger partial charge on any atom is -0.261 e. The van der Waals surface area contributed by atoms with E-state index >= 15 is 0 Å². The van der Waals surface area contributed by atoms with E-state index < -0.39 is 27.5 Å². The third kappa shape index (κ3) is 2.87. The standard InChI is InChI=1S/C12H10F2N2O2S/c1-8-4-5-9(7-11(8)14)19(17,18)16-12-10(13)3-2-6-15-12/h2-7H,1H3,(H,15,16). The molecular weight excluding hydrogens is 274 g/mol. The summed E-state index contributed by atoms with van der Waals surface area (Å²) in [5, 5.41) is 0. The van der Waals surface area contributed by atoms with E-state index in [4.69, 9.17) is 0 Å². The van der Waals surface area contributed by atoms with E-state index in [1.54, 1.807) is 0 Å². The molecule has 100 valence electrons. The molecule has 0 spiro atoms. The highest BCUT2D eigenvalue weighted by molar-refractivity contribution is 7.92. The van der Waals surface area contributed by atoms with Gasteiger partial charge in [0.1, 0.15) is 5.82 Å². The van der Waals surface area contributed by atoms with Gasteiger partial charge in [0, 0.05) is 6.20 Å². The molecule has 0 fully saturated rings. The fraction of sp³-hybridized carbons (Fsp3) is 0.0833. The van der Waals surface area contributed by atoms with Gasteiger partial charge < -0.3 is 0 Å². The molecule has 4 nitrogen and oxygen atoms in total. The van der Waals surface area contributed by atoms with Crippen LogP contribution in [-0.4, -0.2) is 13.4 Å². The van der Waals surface area contributed by atoms with Gasteiger partial charge in [-0.3, -0.25) is 4.72 Å². The molecule has 0 bridgehead atoms. The lowest BCUT2D eigenvalue weighted by molar-refractivity contribution is 0.591. The van der Waals surface area contributed by atoms with Crippen molar-refractivity contribution in [3.05, 3.63) is 53.7 Å². The molecule has 1 aromatic carbocycles. The van der Waals surface area contributed by atoms with E-state index in [0.717, 1.165) is 12.1 Å².